The Hall–Kier alpha value is -2.30. The van der Waals surface area contributed by atoms with Crippen LogP contribution in [0, 0.1) is 12.7 Å². The number of benzene rings is 2. The summed E-state index contributed by atoms with van der Waals surface area (Å²) in [5.74, 6) is -1.15. The average Bonchev–Trinajstić information content (AvgIpc) is 3.00. The molecule has 0 atom stereocenters. The monoisotopic (exact) mass is 484 g/mol. The van der Waals surface area contributed by atoms with Gasteiger partial charge in [-0.15, -0.1) is 11.3 Å². The Labute approximate surface area is 173 Å². The largest absolute Gasteiger partial charge is 0.465 e. The van der Waals surface area contributed by atoms with E-state index in [1.807, 2.05) is 0 Å². The number of nitrogens with one attached hydrogen (secondary N) is 1. The van der Waals surface area contributed by atoms with E-state index in [-0.39, 0.29) is 21.4 Å². The lowest BCUT2D eigenvalue weighted by Crippen LogP contribution is -2.17. The standard InChI is InChI=1S/C18H14BrFN2O4S2/c1-10-16(11-3-6-13(20)7-4-11)21-18(27-10)22-28(24,25)15-8-5-12(19)9-14(15)17(23)26-2/h3-9H,1-2H3,(H,21,22). The quantitative estimate of drug-likeness (QED) is 0.534. The summed E-state index contributed by atoms with van der Waals surface area (Å²) in [6.07, 6.45) is 0. The Balaban J connectivity index is 1.97. The highest BCUT2D eigenvalue weighted by Crippen LogP contribution is 2.32. The number of aromatic nitrogens is 1. The van der Waals surface area contributed by atoms with E-state index in [1.165, 1.54) is 37.4 Å². The molecule has 28 heavy (non-hydrogen) atoms. The fraction of sp³-hybridized carbons (Fsp3) is 0.111. The van der Waals surface area contributed by atoms with Gasteiger partial charge in [0.15, 0.2) is 5.13 Å². The molecule has 0 radical (unpaired) electrons. The van der Waals surface area contributed by atoms with Crippen LogP contribution in [0.15, 0.2) is 51.8 Å². The smallest absolute Gasteiger partial charge is 0.339 e. The Bertz CT molecular complexity index is 1140. The van der Waals surface area contributed by atoms with Crippen LogP contribution in [-0.4, -0.2) is 26.5 Å². The maximum atomic E-state index is 13.1. The van der Waals surface area contributed by atoms with Crippen LogP contribution in [0.4, 0.5) is 9.52 Å². The van der Waals surface area contributed by atoms with E-state index in [9.17, 15) is 17.6 Å². The summed E-state index contributed by atoms with van der Waals surface area (Å²) in [5, 5.41) is 0.135. The van der Waals surface area contributed by atoms with Crippen molar-refractivity contribution in [2.75, 3.05) is 11.8 Å². The zero-order valence-electron chi connectivity index (χ0n) is 14.7. The third-order valence-corrected chi connectivity index (χ3v) is 6.68. The summed E-state index contributed by atoms with van der Waals surface area (Å²) in [7, 11) is -2.92. The summed E-state index contributed by atoms with van der Waals surface area (Å²) in [6, 6.07) is 9.94. The molecule has 2 aromatic carbocycles. The van der Waals surface area contributed by atoms with Crippen LogP contribution >= 0.6 is 27.3 Å². The van der Waals surface area contributed by atoms with Gasteiger partial charge in [-0.1, -0.05) is 15.9 Å². The number of thiazole rings is 1. The van der Waals surface area contributed by atoms with Gasteiger partial charge in [0.2, 0.25) is 0 Å². The molecule has 1 N–H and O–H groups in total. The number of hydrogen-bond acceptors (Lipinski definition) is 6. The van der Waals surface area contributed by atoms with E-state index >= 15 is 0 Å². The number of nitrogens with zero attached hydrogens (tertiary/aromatic N) is 1. The molecule has 0 aliphatic heterocycles. The first-order valence-corrected chi connectivity index (χ1v) is 10.9. The summed E-state index contributed by atoms with van der Waals surface area (Å²) in [4.78, 5) is 16.8. The maximum absolute atomic E-state index is 13.1. The number of anilines is 1. The molecule has 10 heteroatoms. The molecule has 3 rings (SSSR count). The van der Waals surface area contributed by atoms with Crippen LogP contribution in [0.3, 0.4) is 0 Å². The van der Waals surface area contributed by atoms with Crippen LogP contribution in [0.25, 0.3) is 11.3 Å². The Morgan fingerprint density at radius 1 is 1.21 bits per heavy atom. The average molecular weight is 485 g/mol. The van der Waals surface area contributed by atoms with Gasteiger partial charge in [-0.05, 0) is 49.4 Å². The number of ether oxygens (including phenoxy) is 1. The third-order valence-electron chi connectivity index (χ3n) is 3.77. The molecular weight excluding hydrogens is 471 g/mol. The first-order chi connectivity index (χ1) is 13.2. The van der Waals surface area contributed by atoms with Gasteiger partial charge in [0.25, 0.3) is 10.0 Å². The van der Waals surface area contributed by atoms with Gasteiger partial charge >= 0.3 is 5.97 Å². The van der Waals surface area contributed by atoms with E-state index in [0.29, 0.717) is 15.7 Å². The zero-order chi connectivity index (χ0) is 20.5. The molecule has 0 aliphatic rings. The van der Waals surface area contributed by atoms with E-state index in [4.69, 9.17) is 0 Å². The van der Waals surface area contributed by atoms with Gasteiger partial charge in [-0.25, -0.2) is 22.6 Å². The minimum absolute atomic E-state index is 0.101. The number of methoxy groups -OCH3 is 1. The number of hydrogen-bond donors (Lipinski definition) is 1. The fourth-order valence-electron chi connectivity index (χ4n) is 2.49. The fourth-order valence-corrected chi connectivity index (χ4v) is 5.10. The summed E-state index contributed by atoms with van der Waals surface area (Å²) in [5.41, 5.74) is 1.11. The van der Waals surface area contributed by atoms with Crippen molar-refractivity contribution in [1.29, 1.82) is 0 Å². The van der Waals surface area contributed by atoms with Crippen molar-refractivity contribution in [3.05, 3.63) is 63.2 Å². The van der Waals surface area contributed by atoms with Crippen molar-refractivity contribution in [2.45, 2.75) is 11.8 Å². The molecule has 6 nitrogen and oxygen atoms in total. The van der Waals surface area contributed by atoms with Crippen molar-refractivity contribution >= 4 is 48.4 Å². The Morgan fingerprint density at radius 3 is 2.54 bits per heavy atom. The van der Waals surface area contributed by atoms with Gasteiger partial charge in [0, 0.05) is 14.9 Å². The van der Waals surface area contributed by atoms with Crippen LogP contribution in [-0.2, 0) is 14.8 Å². The molecule has 3 aromatic rings. The molecule has 0 spiro atoms. The summed E-state index contributed by atoms with van der Waals surface area (Å²) >= 11 is 4.35. The number of carbonyl (C=O) groups is 1. The van der Waals surface area contributed by atoms with Crippen molar-refractivity contribution < 1.29 is 22.3 Å². The normalized spacial score (nSPS) is 11.3. The van der Waals surface area contributed by atoms with Crippen molar-refractivity contribution in [1.82, 2.24) is 4.98 Å². The van der Waals surface area contributed by atoms with Crippen LogP contribution in [0.2, 0.25) is 0 Å². The van der Waals surface area contributed by atoms with Crippen molar-refractivity contribution in [2.24, 2.45) is 0 Å². The highest BCUT2D eigenvalue weighted by atomic mass is 79.9. The lowest BCUT2D eigenvalue weighted by atomic mass is 10.1. The summed E-state index contributed by atoms with van der Waals surface area (Å²) < 4.78 is 46.4. The Kier molecular flexibility index (Phi) is 5.82. The number of carbonyl (C=O) groups excluding carboxylic acids is 1. The number of rotatable bonds is 5. The van der Waals surface area contributed by atoms with Crippen LogP contribution < -0.4 is 4.72 Å². The van der Waals surface area contributed by atoms with E-state index in [0.717, 1.165) is 16.2 Å². The molecular formula is C18H14BrFN2O4S2. The first kappa shape index (κ1) is 20.4. The second-order valence-corrected chi connectivity index (χ2v) is 9.44. The lowest BCUT2D eigenvalue weighted by molar-refractivity contribution is 0.0596. The highest BCUT2D eigenvalue weighted by molar-refractivity contribution is 9.10. The van der Waals surface area contributed by atoms with Gasteiger partial charge in [-0.3, -0.25) is 4.72 Å². The predicted octanol–water partition coefficient (Wildman–Crippen LogP) is 4.61. The molecule has 0 bridgehead atoms. The molecule has 0 saturated carbocycles. The number of halogens is 2. The molecule has 0 aliphatic carbocycles. The van der Waals surface area contributed by atoms with E-state index < -0.39 is 16.0 Å². The number of sulfonamides is 1. The summed E-state index contributed by atoms with van der Waals surface area (Å²) in [6.45, 7) is 1.79. The molecule has 0 unspecified atom stereocenters. The molecule has 1 aromatic heterocycles. The lowest BCUT2D eigenvalue weighted by Gasteiger charge is -2.10. The van der Waals surface area contributed by atoms with Crippen molar-refractivity contribution in [3.8, 4) is 11.3 Å². The predicted molar refractivity (Wildman–Crippen MR) is 109 cm³/mol. The first-order valence-electron chi connectivity index (χ1n) is 7.85. The van der Waals surface area contributed by atoms with Gasteiger partial charge in [0.05, 0.1) is 18.4 Å². The molecule has 146 valence electrons. The van der Waals surface area contributed by atoms with E-state index in [1.54, 1.807) is 19.1 Å². The minimum Gasteiger partial charge on any atom is -0.465 e. The molecule has 0 amide bonds. The van der Waals surface area contributed by atoms with Gasteiger partial charge in [0.1, 0.15) is 10.7 Å². The molecule has 0 saturated heterocycles. The third kappa shape index (κ3) is 4.23. The maximum Gasteiger partial charge on any atom is 0.339 e. The SMILES string of the molecule is COC(=O)c1cc(Br)ccc1S(=O)(=O)Nc1nc(-c2ccc(F)cc2)c(C)s1. The second kappa shape index (κ2) is 7.98. The number of esters is 1. The molecule has 0 fully saturated rings. The van der Waals surface area contributed by atoms with E-state index in [2.05, 4.69) is 30.4 Å². The van der Waals surface area contributed by atoms with Crippen LogP contribution in [0.5, 0.6) is 0 Å². The topological polar surface area (TPSA) is 85.4 Å². The van der Waals surface area contributed by atoms with Crippen LogP contribution in [0.1, 0.15) is 15.2 Å². The zero-order valence-corrected chi connectivity index (χ0v) is 17.9. The van der Waals surface area contributed by atoms with Gasteiger partial charge in [-0.2, -0.15) is 0 Å². The second-order valence-electron chi connectivity index (χ2n) is 5.67. The number of aryl methyl sites for hydroxylation is 1. The Morgan fingerprint density at radius 2 is 1.89 bits per heavy atom. The van der Waals surface area contributed by atoms with Gasteiger partial charge < -0.3 is 4.74 Å². The minimum atomic E-state index is -4.09. The van der Waals surface area contributed by atoms with Crippen molar-refractivity contribution in [3.63, 3.8) is 0 Å². The molecule has 1 heterocycles. The highest BCUT2D eigenvalue weighted by Gasteiger charge is 2.25.